The van der Waals surface area contributed by atoms with Crippen molar-refractivity contribution in [1.29, 1.82) is 0 Å². The Hall–Kier alpha value is -1.87. The number of hydrogen-bond donors (Lipinski definition) is 2. The Morgan fingerprint density at radius 1 is 1.42 bits per heavy atom. The molecule has 2 rings (SSSR count). The van der Waals surface area contributed by atoms with Crippen LogP contribution in [0.15, 0.2) is 29.2 Å². The number of aromatic nitrogens is 2. The van der Waals surface area contributed by atoms with Gasteiger partial charge >= 0.3 is 6.18 Å². The van der Waals surface area contributed by atoms with Crippen LogP contribution in [-0.2, 0) is 12.7 Å². The second-order valence-corrected chi connectivity index (χ2v) is 4.72. The largest absolute Gasteiger partial charge is 0.431 e. The van der Waals surface area contributed by atoms with Crippen LogP contribution in [0.3, 0.4) is 0 Å². The number of pyridine rings is 1. The van der Waals surface area contributed by atoms with E-state index in [0.717, 1.165) is 29.5 Å². The Bertz CT molecular complexity index is 634. The van der Waals surface area contributed by atoms with E-state index in [4.69, 9.17) is 5.84 Å². The van der Waals surface area contributed by atoms with E-state index >= 15 is 0 Å². The second-order valence-electron chi connectivity index (χ2n) is 3.61. The summed E-state index contributed by atoms with van der Waals surface area (Å²) in [6.07, 6.45) is -3.21. The molecule has 0 radical (unpaired) electrons. The van der Waals surface area contributed by atoms with Gasteiger partial charge in [-0.25, -0.2) is 10.8 Å². The van der Waals surface area contributed by atoms with Gasteiger partial charge in [-0.3, -0.25) is 14.8 Å². The number of hydrogen-bond acceptors (Lipinski definition) is 5. The molecule has 19 heavy (non-hydrogen) atoms. The van der Waals surface area contributed by atoms with Gasteiger partial charge in [0.15, 0.2) is 5.13 Å². The minimum Gasteiger partial charge on any atom is -0.300 e. The molecule has 0 fully saturated rings. The fourth-order valence-electron chi connectivity index (χ4n) is 1.53. The number of thiazole rings is 1. The first kappa shape index (κ1) is 13.6. The van der Waals surface area contributed by atoms with Gasteiger partial charge in [0.25, 0.3) is 5.56 Å². The number of halogens is 3. The number of rotatable bonds is 3. The number of alkyl halides is 3. The summed E-state index contributed by atoms with van der Waals surface area (Å²) in [6.45, 7) is -0.201. The number of nitrogens with zero attached hydrogens (tertiary/aromatic N) is 2. The first-order chi connectivity index (χ1) is 8.91. The van der Waals surface area contributed by atoms with Crippen LogP contribution < -0.4 is 16.8 Å². The Morgan fingerprint density at radius 2 is 2.16 bits per heavy atom. The summed E-state index contributed by atoms with van der Waals surface area (Å²) in [6, 6.07) is 3.03. The van der Waals surface area contributed by atoms with E-state index in [-0.39, 0.29) is 6.54 Å². The monoisotopic (exact) mass is 290 g/mol. The van der Waals surface area contributed by atoms with Crippen LogP contribution in [0.25, 0.3) is 0 Å². The Kier molecular flexibility index (Phi) is 3.58. The van der Waals surface area contributed by atoms with E-state index in [0.29, 0.717) is 14.6 Å². The highest BCUT2D eigenvalue weighted by molar-refractivity contribution is 7.15. The van der Waals surface area contributed by atoms with Crippen molar-refractivity contribution in [3.63, 3.8) is 0 Å². The highest BCUT2D eigenvalue weighted by Crippen LogP contribution is 2.29. The Morgan fingerprint density at radius 3 is 2.74 bits per heavy atom. The summed E-state index contributed by atoms with van der Waals surface area (Å²) in [7, 11) is 0. The lowest BCUT2D eigenvalue weighted by atomic mass is 10.3. The van der Waals surface area contributed by atoms with Crippen molar-refractivity contribution >= 4 is 16.5 Å². The molecule has 0 saturated heterocycles. The van der Waals surface area contributed by atoms with Crippen LogP contribution in [0.5, 0.6) is 0 Å². The van der Waals surface area contributed by atoms with E-state index in [1.165, 1.54) is 6.20 Å². The van der Waals surface area contributed by atoms with Crippen LogP contribution in [-0.4, -0.2) is 9.55 Å². The molecule has 0 aliphatic heterocycles. The molecule has 5 nitrogen and oxygen atoms in total. The first-order valence-corrected chi connectivity index (χ1v) is 5.92. The van der Waals surface area contributed by atoms with E-state index in [9.17, 15) is 18.0 Å². The lowest BCUT2D eigenvalue weighted by molar-refractivity contribution is -0.144. The van der Waals surface area contributed by atoms with E-state index in [1.807, 2.05) is 0 Å². The van der Waals surface area contributed by atoms with Gasteiger partial charge in [0.1, 0.15) is 5.69 Å². The zero-order chi connectivity index (χ0) is 14.0. The molecule has 0 atom stereocenters. The molecule has 2 aromatic rings. The minimum atomic E-state index is -4.58. The van der Waals surface area contributed by atoms with Crippen molar-refractivity contribution < 1.29 is 13.2 Å². The fraction of sp³-hybridized carbons (Fsp3) is 0.200. The molecule has 2 heterocycles. The normalized spacial score (nSPS) is 11.6. The molecule has 0 aliphatic carbocycles. The third kappa shape index (κ3) is 2.93. The number of nitrogens with one attached hydrogen (secondary N) is 1. The molecule has 0 aromatic carbocycles. The lowest BCUT2D eigenvalue weighted by Crippen LogP contribution is -2.27. The van der Waals surface area contributed by atoms with Crippen molar-refractivity contribution in [1.82, 2.24) is 9.55 Å². The summed E-state index contributed by atoms with van der Waals surface area (Å²) in [5, 5.41) is 0.368. The third-order valence-electron chi connectivity index (χ3n) is 2.33. The zero-order valence-electron chi connectivity index (χ0n) is 9.44. The van der Waals surface area contributed by atoms with Gasteiger partial charge in [0, 0.05) is 17.1 Å². The summed E-state index contributed by atoms with van der Waals surface area (Å²) < 4.78 is 39.1. The number of nitrogens with two attached hydrogens (primary N) is 1. The predicted octanol–water partition coefficient (Wildman–Crippen LogP) is 1.66. The van der Waals surface area contributed by atoms with Crippen molar-refractivity contribution in [2.45, 2.75) is 12.7 Å². The molecule has 0 unspecified atom stereocenters. The maximum Gasteiger partial charge on any atom is 0.431 e. The van der Waals surface area contributed by atoms with Crippen LogP contribution in [0.2, 0.25) is 0 Å². The average Bonchev–Trinajstić information content (AvgIpc) is 2.78. The van der Waals surface area contributed by atoms with Crippen LogP contribution in [0.1, 0.15) is 10.6 Å². The second kappa shape index (κ2) is 5.02. The number of anilines is 1. The molecule has 9 heteroatoms. The lowest BCUT2D eigenvalue weighted by Gasteiger charge is -2.13. The van der Waals surface area contributed by atoms with E-state index in [2.05, 4.69) is 10.4 Å². The van der Waals surface area contributed by atoms with E-state index < -0.39 is 17.4 Å². The van der Waals surface area contributed by atoms with Crippen molar-refractivity contribution in [3.8, 4) is 0 Å². The van der Waals surface area contributed by atoms with Gasteiger partial charge in [-0.15, -0.1) is 0 Å². The van der Waals surface area contributed by atoms with Crippen LogP contribution >= 0.6 is 11.3 Å². The minimum absolute atomic E-state index is 0.201. The highest BCUT2D eigenvalue weighted by atomic mass is 32.1. The third-order valence-corrected chi connectivity index (χ3v) is 3.24. The highest BCUT2D eigenvalue weighted by Gasteiger charge is 2.34. The maximum atomic E-state index is 12.8. The Labute approximate surface area is 109 Å². The number of nitrogen functional groups attached to an aromatic ring is 1. The molecule has 0 aliphatic rings. The fourth-order valence-corrected chi connectivity index (χ4v) is 2.25. The molecular weight excluding hydrogens is 281 g/mol. The molecule has 0 amide bonds. The van der Waals surface area contributed by atoms with Crippen molar-refractivity contribution in [2.75, 3.05) is 5.43 Å². The molecule has 0 spiro atoms. The Balaban J connectivity index is 2.42. The molecule has 102 valence electrons. The average molecular weight is 290 g/mol. The molecule has 0 saturated carbocycles. The van der Waals surface area contributed by atoms with Gasteiger partial charge in [-0.2, -0.15) is 13.2 Å². The predicted molar refractivity (Wildman–Crippen MR) is 64.7 cm³/mol. The maximum absolute atomic E-state index is 12.8. The van der Waals surface area contributed by atoms with Crippen LogP contribution in [0, 0.1) is 0 Å². The summed E-state index contributed by atoms with van der Waals surface area (Å²) in [5.41, 5.74) is 0.583. The summed E-state index contributed by atoms with van der Waals surface area (Å²) >= 11 is 1.08. The van der Waals surface area contributed by atoms with Crippen molar-refractivity contribution in [3.05, 3.63) is 45.3 Å². The molecule has 2 aromatic heterocycles. The molecule has 0 bridgehead atoms. The van der Waals surface area contributed by atoms with Crippen LogP contribution in [0.4, 0.5) is 18.3 Å². The number of hydrazine groups is 1. The SMILES string of the molecule is NNc1ncc(Cn2c(C(F)(F)F)cccc2=O)s1. The van der Waals surface area contributed by atoms with Gasteiger partial charge in [0.2, 0.25) is 0 Å². The van der Waals surface area contributed by atoms with Crippen molar-refractivity contribution in [2.24, 2.45) is 5.84 Å². The molecule has 3 N–H and O–H groups in total. The van der Waals surface area contributed by atoms with Gasteiger partial charge in [-0.05, 0) is 6.07 Å². The molecular formula is C10H9F3N4OS. The summed E-state index contributed by atoms with van der Waals surface area (Å²) in [4.78, 5) is 15.9. The standard InChI is InChI=1S/C10H9F3N4OS/c11-10(12,13)7-2-1-3-8(18)17(7)5-6-4-15-9(16-14)19-6/h1-4H,5,14H2,(H,15,16). The van der Waals surface area contributed by atoms with E-state index in [1.54, 1.807) is 0 Å². The quantitative estimate of drug-likeness (QED) is 0.666. The van der Waals surface area contributed by atoms with Gasteiger partial charge in [-0.1, -0.05) is 17.4 Å². The smallest absolute Gasteiger partial charge is 0.300 e. The first-order valence-electron chi connectivity index (χ1n) is 5.10. The zero-order valence-corrected chi connectivity index (χ0v) is 10.3. The summed E-state index contributed by atoms with van der Waals surface area (Å²) in [5.74, 6) is 5.13. The van der Waals surface area contributed by atoms with Gasteiger partial charge in [0.05, 0.1) is 6.54 Å². The van der Waals surface area contributed by atoms with Gasteiger partial charge < -0.3 is 0 Å². The topological polar surface area (TPSA) is 72.9 Å².